The van der Waals surface area contributed by atoms with E-state index in [0.717, 1.165) is 5.56 Å². The maximum Gasteiger partial charge on any atom is 0.226 e. The van der Waals surface area contributed by atoms with Gasteiger partial charge < -0.3 is 16.0 Å². The quantitative estimate of drug-likeness (QED) is 0.624. The lowest BCUT2D eigenvalue weighted by Crippen LogP contribution is -2.18. The number of nitrogens with two attached hydrogens (primary N) is 1. The van der Waals surface area contributed by atoms with Gasteiger partial charge in [-0.3, -0.25) is 4.98 Å². The fraction of sp³-hybridized carbons (Fsp3) is 0.267. The maximum absolute atomic E-state index is 14.6. The molecule has 0 spiro atoms. The van der Waals surface area contributed by atoms with Crippen LogP contribution in [0.4, 0.5) is 10.2 Å². The zero-order valence-electron chi connectivity index (χ0n) is 12.5. The zero-order valence-corrected chi connectivity index (χ0v) is 13.2. The maximum atomic E-state index is 14.6. The van der Waals surface area contributed by atoms with E-state index in [2.05, 4.69) is 25.3 Å². The Kier molecular flexibility index (Phi) is 4.40. The lowest BCUT2D eigenvalue weighted by Gasteiger charge is -2.07. The van der Waals surface area contributed by atoms with Crippen molar-refractivity contribution in [2.75, 3.05) is 5.32 Å². The van der Waals surface area contributed by atoms with Gasteiger partial charge in [0.2, 0.25) is 5.28 Å². The summed E-state index contributed by atoms with van der Waals surface area (Å²) in [4.78, 5) is 15.1. The molecule has 120 valence electrons. The number of rotatable bonds is 5. The van der Waals surface area contributed by atoms with Crippen molar-refractivity contribution >= 4 is 28.5 Å². The molecule has 1 unspecified atom stereocenters. The van der Waals surface area contributed by atoms with E-state index < -0.39 is 5.82 Å². The topological polar surface area (TPSA) is 92.5 Å². The Morgan fingerprint density at radius 2 is 2.26 bits per heavy atom. The smallest absolute Gasteiger partial charge is 0.226 e. The minimum atomic E-state index is -0.400. The monoisotopic (exact) mass is 334 g/mol. The first-order valence-corrected chi connectivity index (χ1v) is 7.54. The third kappa shape index (κ3) is 3.40. The van der Waals surface area contributed by atoms with Crippen molar-refractivity contribution in [1.82, 2.24) is 19.9 Å². The number of hydrogen-bond donors (Lipinski definition) is 3. The van der Waals surface area contributed by atoms with Gasteiger partial charge >= 0.3 is 0 Å². The average Bonchev–Trinajstić information content (AvgIpc) is 2.81. The van der Waals surface area contributed by atoms with Crippen LogP contribution in [-0.2, 0) is 13.0 Å². The predicted molar refractivity (Wildman–Crippen MR) is 87.8 cm³/mol. The number of nitrogens with zero attached hydrogens (tertiary/aromatic N) is 3. The third-order valence-corrected chi connectivity index (χ3v) is 3.51. The Morgan fingerprint density at radius 1 is 1.43 bits per heavy atom. The summed E-state index contributed by atoms with van der Waals surface area (Å²) in [7, 11) is 0. The van der Waals surface area contributed by atoms with E-state index in [0.29, 0.717) is 30.1 Å². The number of fused-ring (bicyclic) bond motifs is 1. The van der Waals surface area contributed by atoms with Gasteiger partial charge in [0.05, 0.1) is 11.1 Å². The molecule has 6 nitrogen and oxygen atoms in total. The summed E-state index contributed by atoms with van der Waals surface area (Å²) in [6, 6.07) is 3.57. The predicted octanol–water partition coefficient (Wildman–Crippen LogP) is 2.65. The molecule has 0 bridgehead atoms. The summed E-state index contributed by atoms with van der Waals surface area (Å²) in [6.07, 6.45) is 3.79. The van der Waals surface area contributed by atoms with Gasteiger partial charge in [0.1, 0.15) is 11.5 Å². The number of H-pyrrole nitrogens is 1. The van der Waals surface area contributed by atoms with Crippen molar-refractivity contribution in [1.29, 1.82) is 0 Å². The molecule has 0 aliphatic rings. The van der Waals surface area contributed by atoms with Gasteiger partial charge in [-0.1, -0.05) is 6.07 Å². The van der Waals surface area contributed by atoms with Crippen LogP contribution >= 0.6 is 11.6 Å². The van der Waals surface area contributed by atoms with E-state index in [-0.39, 0.29) is 16.7 Å². The Labute approximate surface area is 137 Å². The molecular weight excluding hydrogens is 319 g/mol. The van der Waals surface area contributed by atoms with Crippen LogP contribution in [0.15, 0.2) is 24.5 Å². The molecule has 0 fully saturated rings. The van der Waals surface area contributed by atoms with Crippen LogP contribution in [0.1, 0.15) is 18.2 Å². The third-order valence-electron chi connectivity index (χ3n) is 3.34. The van der Waals surface area contributed by atoms with E-state index in [1.807, 2.05) is 19.1 Å². The molecular formula is C15H16ClFN6. The number of anilines is 1. The number of aromatic nitrogens is 4. The zero-order chi connectivity index (χ0) is 16.4. The van der Waals surface area contributed by atoms with Gasteiger partial charge in [-0.05, 0) is 30.2 Å². The first-order chi connectivity index (χ1) is 11.0. The fourth-order valence-corrected chi connectivity index (χ4v) is 2.53. The number of aromatic amines is 1. The minimum absolute atomic E-state index is 0.0415. The molecule has 0 aliphatic heterocycles. The molecule has 1 atom stereocenters. The SMILES string of the molecule is CC(N)Cc1[nH]c2nc(Cl)nc(NCc3cccnc3)c2c1F. The van der Waals surface area contributed by atoms with Crippen molar-refractivity contribution in [2.45, 2.75) is 25.9 Å². The van der Waals surface area contributed by atoms with Crippen LogP contribution in [0, 0.1) is 5.82 Å². The van der Waals surface area contributed by atoms with Gasteiger partial charge in [0.15, 0.2) is 5.82 Å². The second kappa shape index (κ2) is 6.47. The largest absolute Gasteiger partial charge is 0.365 e. The second-order valence-electron chi connectivity index (χ2n) is 5.38. The highest BCUT2D eigenvalue weighted by Crippen LogP contribution is 2.28. The molecule has 0 radical (unpaired) electrons. The first-order valence-electron chi connectivity index (χ1n) is 7.16. The van der Waals surface area contributed by atoms with E-state index in [4.69, 9.17) is 17.3 Å². The lowest BCUT2D eigenvalue weighted by atomic mass is 10.2. The summed E-state index contributed by atoms with van der Waals surface area (Å²) >= 11 is 5.93. The van der Waals surface area contributed by atoms with Crippen molar-refractivity contribution in [3.05, 3.63) is 46.9 Å². The molecule has 0 amide bonds. The van der Waals surface area contributed by atoms with Gasteiger partial charge in [-0.15, -0.1) is 0 Å². The standard InChI is InChI=1S/C15H16ClFN6/c1-8(18)5-10-12(17)11-13(22-15(16)23-14(11)21-10)20-7-9-3-2-4-19-6-9/h2-4,6,8H,5,7,18H2,1H3,(H2,20,21,22,23). The molecule has 0 saturated heterocycles. The van der Waals surface area contributed by atoms with E-state index >= 15 is 0 Å². The summed E-state index contributed by atoms with van der Waals surface area (Å²) in [6.45, 7) is 2.26. The van der Waals surface area contributed by atoms with Crippen LogP contribution in [0.5, 0.6) is 0 Å². The van der Waals surface area contributed by atoms with Crippen molar-refractivity contribution < 1.29 is 4.39 Å². The summed E-state index contributed by atoms with van der Waals surface area (Å²) in [5.41, 5.74) is 7.45. The molecule has 4 N–H and O–H groups in total. The summed E-state index contributed by atoms with van der Waals surface area (Å²) < 4.78 is 14.6. The van der Waals surface area contributed by atoms with Gasteiger partial charge in [0, 0.05) is 31.4 Å². The Bertz CT molecular complexity index is 818. The van der Waals surface area contributed by atoms with E-state index in [9.17, 15) is 4.39 Å². The van der Waals surface area contributed by atoms with Crippen LogP contribution in [-0.4, -0.2) is 26.0 Å². The second-order valence-corrected chi connectivity index (χ2v) is 5.72. The molecule has 0 saturated carbocycles. The highest BCUT2D eigenvalue weighted by Gasteiger charge is 2.19. The van der Waals surface area contributed by atoms with Crippen LogP contribution in [0.2, 0.25) is 5.28 Å². The molecule has 3 rings (SSSR count). The molecule has 0 aromatic carbocycles. The van der Waals surface area contributed by atoms with Crippen molar-refractivity contribution in [2.24, 2.45) is 5.73 Å². The summed E-state index contributed by atoms with van der Waals surface area (Å²) in [5, 5.41) is 3.41. The van der Waals surface area contributed by atoms with Gasteiger partial charge in [0.25, 0.3) is 0 Å². The average molecular weight is 335 g/mol. The molecule has 0 aliphatic carbocycles. The highest BCUT2D eigenvalue weighted by atomic mass is 35.5. The van der Waals surface area contributed by atoms with Gasteiger partial charge in [-0.2, -0.15) is 9.97 Å². The molecule has 3 aromatic heterocycles. The molecule has 23 heavy (non-hydrogen) atoms. The first kappa shape index (κ1) is 15.6. The molecule has 3 aromatic rings. The number of nitrogens with one attached hydrogen (secondary N) is 2. The number of pyridine rings is 1. The van der Waals surface area contributed by atoms with Crippen molar-refractivity contribution in [3.8, 4) is 0 Å². The Balaban J connectivity index is 1.97. The molecule has 3 heterocycles. The summed E-state index contributed by atoms with van der Waals surface area (Å²) in [5.74, 6) is -0.0591. The van der Waals surface area contributed by atoms with E-state index in [1.165, 1.54) is 0 Å². The highest BCUT2D eigenvalue weighted by molar-refractivity contribution is 6.28. The van der Waals surface area contributed by atoms with Crippen LogP contribution in [0.3, 0.4) is 0 Å². The molecule has 8 heteroatoms. The van der Waals surface area contributed by atoms with E-state index in [1.54, 1.807) is 12.4 Å². The van der Waals surface area contributed by atoms with Crippen LogP contribution < -0.4 is 11.1 Å². The van der Waals surface area contributed by atoms with Crippen LogP contribution in [0.25, 0.3) is 11.0 Å². The number of hydrogen-bond acceptors (Lipinski definition) is 5. The Hall–Kier alpha value is -2.25. The Morgan fingerprint density at radius 3 is 2.96 bits per heavy atom. The minimum Gasteiger partial charge on any atom is -0.365 e. The van der Waals surface area contributed by atoms with Gasteiger partial charge in [-0.25, -0.2) is 4.39 Å². The number of halogens is 2. The normalized spacial score (nSPS) is 12.5. The lowest BCUT2D eigenvalue weighted by molar-refractivity contribution is 0.602. The fourth-order valence-electron chi connectivity index (χ4n) is 2.36. The van der Waals surface area contributed by atoms with Crippen molar-refractivity contribution in [3.63, 3.8) is 0 Å².